The molecule has 2 aromatic rings. The summed E-state index contributed by atoms with van der Waals surface area (Å²) in [6.45, 7) is 2.31. The van der Waals surface area contributed by atoms with E-state index in [1.165, 1.54) is 0 Å². The van der Waals surface area contributed by atoms with Crippen LogP contribution in [0.4, 0.5) is 0 Å². The minimum Gasteiger partial charge on any atom is -0.490 e. The quantitative estimate of drug-likeness (QED) is 0.830. The van der Waals surface area contributed by atoms with Gasteiger partial charge in [0.2, 0.25) is 0 Å². The number of rotatable bonds is 5. The molecule has 0 unspecified atom stereocenters. The van der Waals surface area contributed by atoms with Crippen molar-refractivity contribution in [1.82, 2.24) is 9.47 Å². The highest BCUT2D eigenvalue weighted by molar-refractivity contribution is 5.81. The van der Waals surface area contributed by atoms with E-state index in [4.69, 9.17) is 7.48 Å². The van der Waals surface area contributed by atoms with Gasteiger partial charge in [0.1, 0.15) is 5.75 Å². The SMILES string of the molecule is [2H]C([2H])(n1ccc2cc(OC3CC3)ccc21)C(C)(C)N(C)C. The first-order chi connectivity index (χ1) is 10.2. The van der Waals surface area contributed by atoms with Crippen molar-refractivity contribution >= 4 is 10.9 Å². The first-order valence-corrected chi connectivity index (χ1v) is 7.19. The molecule has 3 rings (SSSR count). The third kappa shape index (κ3) is 2.68. The highest BCUT2D eigenvalue weighted by atomic mass is 16.5. The first kappa shape index (κ1) is 11.2. The van der Waals surface area contributed by atoms with Gasteiger partial charge in [0.25, 0.3) is 0 Å². The van der Waals surface area contributed by atoms with Gasteiger partial charge in [0, 0.05) is 29.1 Å². The van der Waals surface area contributed by atoms with E-state index in [1.807, 2.05) is 63.3 Å². The van der Waals surface area contributed by atoms with Crippen molar-refractivity contribution in [2.24, 2.45) is 0 Å². The van der Waals surface area contributed by atoms with Crippen molar-refractivity contribution in [3.8, 4) is 5.75 Å². The fourth-order valence-corrected chi connectivity index (χ4v) is 2.06. The Morgan fingerprint density at radius 3 is 2.75 bits per heavy atom. The van der Waals surface area contributed by atoms with Crippen molar-refractivity contribution in [2.45, 2.75) is 44.8 Å². The minimum absolute atomic E-state index is 0.374. The Bertz CT molecular complexity index is 687. The zero-order valence-corrected chi connectivity index (χ0v) is 12.7. The number of nitrogens with zero attached hydrogens (tertiary/aromatic N) is 2. The summed E-state index contributed by atoms with van der Waals surface area (Å²) in [4.78, 5) is 1.92. The molecule has 1 heterocycles. The molecule has 1 saturated carbocycles. The van der Waals surface area contributed by atoms with Crippen LogP contribution in [0, 0.1) is 0 Å². The number of benzene rings is 1. The van der Waals surface area contributed by atoms with Crippen LogP contribution in [-0.4, -0.2) is 35.2 Å². The highest BCUT2D eigenvalue weighted by Gasteiger charge is 2.24. The van der Waals surface area contributed by atoms with Gasteiger partial charge in [-0.15, -0.1) is 0 Å². The van der Waals surface area contributed by atoms with E-state index in [2.05, 4.69) is 0 Å². The molecule has 0 atom stereocenters. The van der Waals surface area contributed by atoms with Crippen LogP contribution in [-0.2, 0) is 6.50 Å². The fraction of sp³-hybridized carbons (Fsp3) is 0.529. The van der Waals surface area contributed by atoms with Gasteiger partial charge in [-0.1, -0.05) is 0 Å². The van der Waals surface area contributed by atoms with Gasteiger partial charge in [-0.2, -0.15) is 0 Å². The molecule has 0 saturated heterocycles. The summed E-state index contributed by atoms with van der Waals surface area (Å²) in [5.41, 5.74) is 0.255. The molecule has 1 aromatic heterocycles. The van der Waals surface area contributed by atoms with Gasteiger partial charge < -0.3 is 14.2 Å². The molecular weight excluding hydrogens is 248 g/mol. The van der Waals surface area contributed by atoms with E-state index >= 15 is 0 Å². The van der Waals surface area contributed by atoms with E-state index in [9.17, 15) is 0 Å². The molecule has 1 aromatic carbocycles. The second-order valence-electron chi connectivity index (χ2n) is 6.29. The number of hydrogen-bond acceptors (Lipinski definition) is 2. The second kappa shape index (κ2) is 4.81. The van der Waals surface area contributed by atoms with Gasteiger partial charge in [-0.25, -0.2) is 0 Å². The zero-order chi connectivity index (χ0) is 16.1. The smallest absolute Gasteiger partial charge is 0.120 e. The fourth-order valence-electron chi connectivity index (χ4n) is 2.06. The van der Waals surface area contributed by atoms with Crippen LogP contribution in [0.2, 0.25) is 0 Å². The van der Waals surface area contributed by atoms with Crippen molar-refractivity contribution in [3.63, 3.8) is 0 Å². The van der Waals surface area contributed by atoms with E-state index in [1.54, 1.807) is 4.57 Å². The molecule has 20 heavy (non-hydrogen) atoms. The number of aromatic nitrogens is 1. The third-order valence-corrected chi connectivity index (χ3v) is 4.00. The predicted molar refractivity (Wildman–Crippen MR) is 83.4 cm³/mol. The normalized spacial score (nSPS) is 18.2. The lowest BCUT2D eigenvalue weighted by atomic mass is 10.0. The molecule has 0 radical (unpaired) electrons. The summed E-state index contributed by atoms with van der Waals surface area (Å²) >= 11 is 0. The van der Waals surface area contributed by atoms with E-state index < -0.39 is 12.0 Å². The zero-order valence-electron chi connectivity index (χ0n) is 14.7. The largest absolute Gasteiger partial charge is 0.490 e. The average Bonchev–Trinajstić information content (AvgIpc) is 3.14. The lowest BCUT2D eigenvalue weighted by molar-refractivity contribution is 0.171. The van der Waals surface area contributed by atoms with Crippen molar-refractivity contribution in [2.75, 3.05) is 14.1 Å². The highest BCUT2D eigenvalue weighted by Crippen LogP contribution is 2.29. The van der Waals surface area contributed by atoms with Gasteiger partial charge in [0.05, 0.1) is 8.85 Å². The molecule has 0 amide bonds. The van der Waals surface area contributed by atoms with Crippen LogP contribution in [0.3, 0.4) is 0 Å². The van der Waals surface area contributed by atoms with Gasteiger partial charge in [-0.3, -0.25) is 0 Å². The van der Waals surface area contributed by atoms with Crippen LogP contribution in [0.1, 0.15) is 29.4 Å². The Kier molecular flexibility index (Phi) is 2.70. The maximum absolute atomic E-state index is 8.63. The maximum atomic E-state index is 8.63. The summed E-state index contributed by atoms with van der Waals surface area (Å²) in [7, 11) is 3.82. The van der Waals surface area contributed by atoms with Gasteiger partial charge in [0.15, 0.2) is 0 Å². The second-order valence-corrected chi connectivity index (χ2v) is 6.29. The topological polar surface area (TPSA) is 17.4 Å². The molecule has 1 fully saturated rings. The van der Waals surface area contributed by atoms with Gasteiger partial charge in [-0.05, 0) is 65.0 Å². The van der Waals surface area contributed by atoms with Crippen LogP contribution in [0.15, 0.2) is 30.5 Å². The van der Waals surface area contributed by atoms with Gasteiger partial charge >= 0.3 is 0 Å². The Morgan fingerprint density at radius 1 is 1.35 bits per heavy atom. The Balaban J connectivity index is 2.00. The first-order valence-electron chi connectivity index (χ1n) is 8.19. The predicted octanol–water partition coefficient (Wildman–Crippen LogP) is 3.52. The minimum atomic E-state index is -1.53. The summed E-state index contributed by atoms with van der Waals surface area (Å²) in [5, 5.41) is 1.01. The summed E-state index contributed by atoms with van der Waals surface area (Å²) < 4.78 is 24.8. The summed E-state index contributed by atoms with van der Waals surface area (Å²) in [6, 6.07) is 7.86. The molecule has 108 valence electrons. The number of fused-ring (bicyclic) bond motifs is 1. The Hall–Kier alpha value is -1.48. The average molecular weight is 274 g/mol. The molecule has 1 aliphatic carbocycles. The monoisotopic (exact) mass is 274 g/mol. The molecule has 0 N–H and O–H groups in total. The summed E-state index contributed by atoms with van der Waals surface area (Å²) in [5.74, 6) is 0.875. The lowest BCUT2D eigenvalue weighted by Gasteiger charge is -2.33. The van der Waals surface area contributed by atoms with Crippen LogP contribution >= 0.6 is 0 Å². The third-order valence-electron chi connectivity index (χ3n) is 4.00. The van der Waals surface area contributed by atoms with Crippen molar-refractivity contribution in [1.29, 1.82) is 0 Å². The maximum Gasteiger partial charge on any atom is 0.120 e. The van der Waals surface area contributed by atoms with E-state index in [-0.39, 0.29) is 0 Å². The molecule has 3 nitrogen and oxygen atoms in total. The molecule has 1 aliphatic rings. The van der Waals surface area contributed by atoms with E-state index in [0.717, 1.165) is 29.5 Å². The number of ether oxygens (including phenoxy) is 1. The van der Waals surface area contributed by atoms with Crippen molar-refractivity contribution in [3.05, 3.63) is 30.5 Å². The van der Waals surface area contributed by atoms with Crippen LogP contribution < -0.4 is 4.74 Å². The molecule has 0 spiro atoms. The number of hydrogen-bond donors (Lipinski definition) is 0. The molecule has 0 aliphatic heterocycles. The lowest BCUT2D eigenvalue weighted by Crippen LogP contribution is -2.41. The van der Waals surface area contributed by atoms with Crippen molar-refractivity contribution < 1.29 is 7.48 Å². The van der Waals surface area contributed by atoms with Crippen LogP contribution in [0.25, 0.3) is 10.9 Å². The molecule has 3 heteroatoms. The Morgan fingerprint density at radius 2 is 2.10 bits per heavy atom. The molecule has 0 bridgehead atoms. The number of likely N-dealkylation sites (N-methyl/N-ethyl adjacent to an activating group) is 1. The Labute approximate surface area is 123 Å². The van der Waals surface area contributed by atoms with E-state index in [0.29, 0.717) is 6.10 Å². The standard InChI is InChI=1S/C17H24N2O/c1-17(2,18(3)4)12-19-10-9-13-11-15(7-8-16(13)19)20-14-5-6-14/h7-11,14H,5-6,12H2,1-4H3/i12D2. The van der Waals surface area contributed by atoms with Crippen LogP contribution in [0.5, 0.6) is 5.75 Å². The summed E-state index contributed by atoms with van der Waals surface area (Å²) in [6.07, 6.45) is 4.48. The molecular formula is C17H24N2O.